The van der Waals surface area contributed by atoms with E-state index in [0.29, 0.717) is 0 Å². The first-order valence-corrected chi connectivity index (χ1v) is 27.8. The lowest BCUT2D eigenvalue weighted by Crippen LogP contribution is -2.15. The van der Waals surface area contributed by atoms with Crippen molar-refractivity contribution in [2.24, 2.45) is 0 Å². The molecule has 0 bridgehead atoms. The average Bonchev–Trinajstić information content (AvgIpc) is 4.07. The maximum absolute atomic E-state index is 6.46. The van der Waals surface area contributed by atoms with Gasteiger partial charge in [0, 0.05) is 44.8 Å². The Kier molecular flexibility index (Phi) is 10.9. The molecule has 14 aromatic rings. The number of rotatable bonds is 9. The van der Waals surface area contributed by atoms with E-state index in [1.165, 1.54) is 22.9 Å². The van der Waals surface area contributed by atoms with Crippen molar-refractivity contribution in [1.82, 2.24) is 13.3 Å². The van der Waals surface area contributed by atoms with E-state index in [-0.39, 0.29) is 0 Å². The van der Waals surface area contributed by atoms with Gasteiger partial charge in [-0.05, 0) is 161 Å². The van der Waals surface area contributed by atoms with Crippen molar-refractivity contribution in [3.63, 3.8) is 0 Å². The van der Waals surface area contributed by atoms with Crippen LogP contribution in [0.4, 0.5) is 51.2 Å². The number of ether oxygens (including phenoxy) is 2. The molecule has 4 heterocycles. The summed E-state index contributed by atoms with van der Waals surface area (Å²) in [5, 5.41) is 2.23. The minimum absolute atomic E-state index is 0.811. The van der Waals surface area contributed by atoms with Gasteiger partial charge in [0.15, 0.2) is 23.0 Å². The molecule has 12 aromatic carbocycles. The average molecular weight is 1060 g/mol. The summed E-state index contributed by atoms with van der Waals surface area (Å²) in [4.78, 5) is 6.92. The molecule has 0 N–H and O–H groups in total. The molecule has 0 saturated carbocycles. The molecule has 8 nitrogen and oxygen atoms in total. The zero-order chi connectivity index (χ0) is 53.4. The van der Waals surface area contributed by atoms with Crippen molar-refractivity contribution in [2.75, 3.05) is 14.7 Å². The van der Waals surface area contributed by atoms with Crippen molar-refractivity contribution in [1.29, 1.82) is 0 Å². The quantitative estimate of drug-likeness (QED) is 0.143. The fourth-order valence-corrected chi connectivity index (χ4v) is 12.4. The SMILES string of the molecule is c1ccc(-c2ccc(N(c3ccc(-c4ccccc4)cc3)c3ccc(-c4ccc(-n5c6ccc(N7c8ccccc8Oc8ccccc87)cc6c6cc(N7c8ccccc8Oc8ccccc87)ccc65)cc4)c4nsnc34)cc2)cc1. The molecule has 0 saturated heterocycles. The Morgan fingerprint density at radius 3 is 1.16 bits per heavy atom. The van der Waals surface area contributed by atoms with Gasteiger partial charge in [-0.1, -0.05) is 146 Å². The monoisotopic (exact) mass is 1060 g/mol. The lowest BCUT2D eigenvalue weighted by atomic mass is 10.0. The maximum atomic E-state index is 6.46. The van der Waals surface area contributed by atoms with Crippen molar-refractivity contribution in [3.05, 3.63) is 279 Å². The molecule has 0 fully saturated rings. The third-order valence-electron chi connectivity index (χ3n) is 15.6. The minimum Gasteiger partial charge on any atom is -0.453 e. The Balaban J connectivity index is 0.816. The molecule has 0 aliphatic carbocycles. The molecule has 9 heteroatoms. The first-order valence-electron chi connectivity index (χ1n) is 27.0. The second kappa shape index (κ2) is 19.0. The molecular formula is C72H46N6O2S. The van der Waals surface area contributed by atoms with Gasteiger partial charge in [-0.2, -0.15) is 8.75 Å². The number of nitrogens with zero attached hydrogens (tertiary/aromatic N) is 6. The van der Waals surface area contributed by atoms with Crippen LogP contribution < -0.4 is 24.2 Å². The molecule has 81 heavy (non-hydrogen) atoms. The highest BCUT2D eigenvalue weighted by atomic mass is 32.1. The van der Waals surface area contributed by atoms with Crippen molar-refractivity contribution >= 4 is 95.8 Å². The Bertz CT molecular complexity index is 4390. The predicted molar refractivity (Wildman–Crippen MR) is 332 cm³/mol. The highest BCUT2D eigenvalue weighted by Crippen LogP contribution is 2.53. The third-order valence-corrected chi connectivity index (χ3v) is 16.2. The van der Waals surface area contributed by atoms with E-state index < -0.39 is 0 Å². The molecule has 0 spiro atoms. The van der Waals surface area contributed by atoms with Crippen LogP contribution in [0.2, 0.25) is 0 Å². The van der Waals surface area contributed by atoms with Crippen molar-refractivity contribution in [2.45, 2.75) is 0 Å². The van der Waals surface area contributed by atoms with Gasteiger partial charge < -0.3 is 28.7 Å². The Labute approximate surface area is 471 Å². The number of hydrogen-bond donors (Lipinski definition) is 0. The summed E-state index contributed by atoms with van der Waals surface area (Å²) >= 11 is 1.24. The van der Waals surface area contributed by atoms with Gasteiger partial charge in [0.05, 0.1) is 51.2 Å². The maximum Gasteiger partial charge on any atom is 0.151 e. The number of benzene rings is 12. The molecule has 2 aliphatic heterocycles. The predicted octanol–water partition coefficient (Wildman–Crippen LogP) is 20.4. The van der Waals surface area contributed by atoms with Crippen LogP contribution in [0.3, 0.4) is 0 Å². The van der Waals surface area contributed by atoms with Gasteiger partial charge in [-0.15, -0.1) is 0 Å². The van der Waals surface area contributed by atoms with Gasteiger partial charge in [0.25, 0.3) is 0 Å². The van der Waals surface area contributed by atoms with Crippen molar-refractivity contribution in [3.8, 4) is 62.1 Å². The molecule has 382 valence electrons. The van der Waals surface area contributed by atoms with E-state index in [1.807, 2.05) is 48.5 Å². The van der Waals surface area contributed by atoms with E-state index in [4.69, 9.17) is 18.2 Å². The molecule has 2 aliphatic rings. The number of anilines is 9. The van der Waals surface area contributed by atoms with Gasteiger partial charge in [-0.25, -0.2) is 0 Å². The molecule has 0 radical (unpaired) electrons. The fourth-order valence-electron chi connectivity index (χ4n) is 11.9. The van der Waals surface area contributed by atoms with Gasteiger partial charge in [0.2, 0.25) is 0 Å². The first kappa shape index (κ1) is 46.4. The van der Waals surface area contributed by atoms with E-state index >= 15 is 0 Å². The molecule has 0 amide bonds. The smallest absolute Gasteiger partial charge is 0.151 e. The van der Waals surface area contributed by atoms with Gasteiger partial charge in [-0.3, -0.25) is 0 Å². The third kappa shape index (κ3) is 7.81. The lowest BCUT2D eigenvalue weighted by Gasteiger charge is -2.33. The zero-order valence-corrected chi connectivity index (χ0v) is 44.3. The van der Waals surface area contributed by atoms with E-state index in [9.17, 15) is 0 Å². The summed E-state index contributed by atoms with van der Waals surface area (Å²) in [6.45, 7) is 0. The van der Waals surface area contributed by atoms with Crippen LogP contribution in [0.1, 0.15) is 0 Å². The highest BCUT2D eigenvalue weighted by molar-refractivity contribution is 7.00. The molecule has 16 rings (SSSR count). The normalized spacial score (nSPS) is 12.3. The topological polar surface area (TPSA) is 58.9 Å². The molecule has 2 aromatic heterocycles. The molecular weight excluding hydrogens is 1010 g/mol. The van der Waals surface area contributed by atoms with Crippen LogP contribution >= 0.6 is 11.7 Å². The summed E-state index contributed by atoms with van der Waals surface area (Å²) in [6.07, 6.45) is 0. The first-order chi connectivity index (χ1) is 40.2. The summed E-state index contributed by atoms with van der Waals surface area (Å²) in [7, 11) is 0. The number of aromatic nitrogens is 3. The number of fused-ring (bicyclic) bond motifs is 8. The number of hydrogen-bond acceptors (Lipinski definition) is 8. The summed E-state index contributed by atoms with van der Waals surface area (Å²) in [5.74, 6) is 3.24. The van der Waals surface area contributed by atoms with E-state index in [2.05, 4.69) is 250 Å². The summed E-state index contributed by atoms with van der Waals surface area (Å²) < 4.78 is 25.4. The van der Waals surface area contributed by atoms with Gasteiger partial charge in [0.1, 0.15) is 11.0 Å². The van der Waals surface area contributed by atoms with Gasteiger partial charge >= 0.3 is 0 Å². The largest absolute Gasteiger partial charge is 0.453 e. The Morgan fingerprint density at radius 1 is 0.321 bits per heavy atom. The molecule has 0 atom stereocenters. The summed E-state index contributed by atoms with van der Waals surface area (Å²) in [6, 6.07) is 98.5. The minimum atomic E-state index is 0.811. The second-order valence-corrected chi connectivity index (χ2v) is 20.8. The van der Waals surface area contributed by atoms with Crippen LogP contribution in [-0.2, 0) is 0 Å². The summed E-state index contributed by atoms with van der Waals surface area (Å²) in [5.41, 5.74) is 20.6. The van der Waals surface area contributed by atoms with Crippen LogP contribution in [-0.4, -0.2) is 13.3 Å². The van der Waals surface area contributed by atoms with E-state index in [1.54, 1.807) is 0 Å². The number of para-hydroxylation sites is 8. The highest BCUT2D eigenvalue weighted by Gasteiger charge is 2.29. The zero-order valence-electron chi connectivity index (χ0n) is 43.5. The van der Waals surface area contributed by atoms with E-state index in [0.717, 1.165) is 135 Å². The Hall–Kier alpha value is -10.7. The lowest BCUT2D eigenvalue weighted by molar-refractivity contribution is 0.477. The van der Waals surface area contributed by atoms with Crippen LogP contribution in [0.5, 0.6) is 23.0 Å². The van der Waals surface area contributed by atoms with Crippen LogP contribution in [0, 0.1) is 0 Å². The van der Waals surface area contributed by atoms with Crippen molar-refractivity contribution < 1.29 is 9.47 Å². The Morgan fingerprint density at radius 2 is 0.704 bits per heavy atom. The van der Waals surface area contributed by atoms with Crippen LogP contribution in [0.15, 0.2) is 279 Å². The molecule has 0 unspecified atom stereocenters. The second-order valence-electron chi connectivity index (χ2n) is 20.3. The van der Waals surface area contributed by atoms with Crippen LogP contribution in [0.25, 0.3) is 71.9 Å². The fraction of sp³-hybridized carbons (Fsp3) is 0. The standard InChI is InChI=1S/C72H46N6O2S/c1-3-15-47(16-4-1)49-27-33-52(34-28-49)75(53-35-29-50(30-36-53)48-17-5-2-6-18-48)66-44-41-57(71-72(66)74-81-73-71)51-31-37-54(38-32-51)76-60-42-39-55(77-62-19-7-11-23-67(62)79-68-24-12-8-20-63(68)77)45-58(60)59-46-56(40-43-61(59)76)78-64-21-9-13-25-69(64)80-70-26-14-10-22-65(70)78/h1-46H.